The Morgan fingerprint density at radius 3 is 3.00 bits per heavy atom. The zero-order valence-electron chi connectivity index (χ0n) is 9.49. The first-order valence-corrected chi connectivity index (χ1v) is 6.36. The van der Waals surface area contributed by atoms with Gasteiger partial charge in [-0.05, 0) is 37.4 Å². The molecule has 3 rings (SSSR count). The zero-order valence-corrected chi connectivity index (χ0v) is 10.2. The number of nitrogens with one attached hydrogen (secondary N) is 1. The van der Waals surface area contributed by atoms with Crippen molar-refractivity contribution in [3.63, 3.8) is 0 Å². The molecule has 0 saturated carbocycles. The Morgan fingerprint density at radius 1 is 1.47 bits per heavy atom. The predicted octanol–water partition coefficient (Wildman–Crippen LogP) is 1.61. The highest BCUT2D eigenvalue weighted by Crippen LogP contribution is 2.30. The molecule has 1 N–H and O–H groups in total. The summed E-state index contributed by atoms with van der Waals surface area (Å²) in [5.41, 5.74) is 0. The van der Waals surface area contributed by atoms with E-state index in [0.717, 1.165) is 32.6 Å². The van der Waals surface area contributed by atoms with Crippen LogP contribution in [-0.2, 0) is 0 Å². The molecular formula is C12H15ClN2O2. The number of carbonyl (C=O) groups is 1. The van der Waals surface area contributed by atoms with Gasteiger partial charge in [-0.3, -0.25) is 4.79 Å². The second kappa shape index (κ2) is 4.35. The Labute approximate surface area is 105 Å². The number of rotatable bonds is 1. The van der Waals surface area contributed by atoms with E-state index in [1.165, 1.54) is 6.26 Å². The summed E-state index contributed by atoms with van der Waals surface area (Å²) in [6.45, 7) is 3.72. The second-order valence-electron chi connectivity index (χ2n) is 4.82. The number of piperidine rings is 1. The van der Waals surface area contributed by atoms with Crippen molar-refractivity contribution in [1.29, 1.82) is 0 Å². The average molecular weight is 255 g/mol. The fourth-order valence-electron chi connectivity index (χ4n) is 2.83. The van der Waals surface area contributed by atoms with Crippen LogP contribution in [-0.4, -0.2) is 37.0 Å². The first-order chi connectivity index (χ1) is 8.25. The van der Waals surface area contributed by atoms with Gasteiger partial charge in [0.2, 0.25) is 5.76 Å². The molecule has 2 unspecified atom stereocenters. The van der Waals surface area contributed by atoms with E-state index < -0.39 is 0 Å². The molecule has 92 valence electrons. The van der Waals surface area contributed by atoms with Crippen molar-refractivity contribution in [2.75, 3.05) is 26.2 Å². The summed E-state index contributed by atoms with van der Waals surface area (Å²) < 4.78 is 5.15. The summed E-state index contributed by atoms with van der Waals surface area (Å²) in [7, 11) is 0. The molecule has 3 heterocycles. The van der Waals surface area contributed by atoms with E-state index in [1.54, 1.807) is 6.07 Å². The third-order valence-electron chi connectivity index (χ3n) is 3.77. The van der Waals surface area contributed by atoms with Crippen LogP contribution in [0, 0.1) is 11.8 Å². The fourth-order valence-corrected chi connectivity index (χ4v) is 3.00. The quantitative estimate of drug-likeness (QED) is 0.828. The third kappa shape index (κ3) is 1.96. The number of fused-ring (bicyclic) bond motifs is 1. The highest BCUT2D eigenvalue weighted by Gasteiger charge is 2.37. The molecule has 2 atom stereocenters. The number of amides is 1. The van der Waals surface area contributed by atoms with Gasteiger partial charge in [0.05, 0.1) is 11.3 Å². The van der Waals surface area contributed by atoms with Gasteiger partial charge in [-0.15, -0.1) is 0 Å². The molecule has 2 aliphatic heterocycles. The molecule has 0 aliphatic carbocycles. The Morgan fingerprint density at radius 2 is 2.29 bits per heavy atom. The van der Waals surface area contributed by atoms with E-state index in [0.29, 0.717) is 16.9 Å². The van der Waals surface area contributed by atoms with E-state index in [9.17, 15) is 4.79 Å². The molecule has 2 aliphatic rings. The Bertz CT molecular complexity index is 418. The van der Waals surface area contributed by atoms with Gasteiger partial charge in [-0.25, -0.2) is 0 Å². The number of hydrogen-bond donors (Lipinski definition) is 1. The molecule has 0 spiro atoms. The van der Waals surface area contributed by atoms with Gasteiger partial charge in [-0.1, -0.05) is 11.6 Å². The molecule has 5 heteroatoms. The van der Waals surface area contributed by atoms with Gasteiger partial charge >= 0.3 is 0 Å². The zero-order chi connectivity index (χ0) is 11.8. The van der Waals surface area contributed by atoms with Crippen molar-refractivity contribution in [3.8, 4) is 0 Å². The van der Waals surface area contributed by atoms with Gasteiger partial charge in [0.15, 0.2) is 0 Å². The number of furan rings is 1. The van der Waals surface area contributed by atoms with Crippen molar-refractivity contribution in [2.45, 2.75) is 6.42 Å². The number of halogens is 1. The molecule has 0 radical (unpaired) electrons. The number of likely N-dealkylation sites (tertiary alicyclic amines) is 1. The monoisotopic (exact) mass is 254 g/mol. The van der Waals surface area contributed by atoms with Gasteiger partial charge in [-0.2, -0.15) is 0 Å². The largest absolute Gasteiger partial charge is 0.458 e. The maximum atomic E-state index is 12.2. The molecule has 2 saturated heterocycles. The number of nitrogens with zero attached hydrogens (tertiary/aromatic N) is 1. The normalized spacial score (nSPS) is 28.2. The van der Waals surface area contributed by atoms with Crippen LogP contribution in [0.3, 0.4) is 0 Å². The lowest BCUT2D eigenvalue weighted by Gasteiger charge is -2.23. The van der Waals surface area contributed by atoms with Gasteiger partial charge in [0.25, 0.3) is 5.91 Å². The van der Waals surface area contributed by atoms with E-state index in [1.807, 2.05) is 4.90 Å². The maximum absolute atomic E-state index is 12.2. The highest BCUT2D eigenvalue weighted by atomic mass is 35.5. The molecule has 17 heavy (non-hydrogen) atoms. The minimum Gasteiger partial charge on any atom is -0.458 e. The Hall–Kier alpha value is -1.00. The minimum absolute atomic E-state index is 0.0746. The number of carbonyl (C=O) groups excluding carboxylic acids is 1. The van der Waals surface area contributed by atoms with Gasteiger partial charge in [0.1, 0.15) is 0 Å². The molecular weight excluding hydrogens is 240 g/mol. The SMILES string of the molecule is O=C(c1occc1Cl)N1CC2CCNCC2C1. The van der Waals surface area contributed by atoms with Crippen LogP contribution >= 0.6 is 11.6 Å². The van der Waals surface area contributed by atoms with Crippen LogP contribution in [0.2, 0.25) is 5.02 Å². The maximum Gasteiger partial charge on any atom is 0.291 e. The van der Waals surface area contributed by atoms with Crippen molar-refractivity contribution in [1.82, 2.24) is 10.2 Å². The Balaban J connectivity index is 1.74. The molecule has 0 bridgehead atoms. The first kappa shape index (κ1) is 11.1. The van der Waals surface area contributed by atoms with Crippen molar-refractivity contribution >= 4 is 17.5 Å². The van der Waals surface area contributed by atoms with E-state index in [4.69, 9.17) is 16.0 Å². The van der Waals surface area contributed by atoms with Crippen molar-refractivity contribution < 1.29 is 9.21 Å². The lowest BCUT2D eigenvalue weighted by molar-refractivity contribution is 0.0753. The van der Waals surface area contributed by atoms with E-state index in [-0.39, 0.29) is 11.7 Å². The van der Waals surface area contributed by atoms with Crippen LogP contribution < -0.4 is 5.32 Å². The summed E-state index contributed by atoms with van der Waals surface area (Å²) in [5, 5.41) is 3.78. The second-order valence-corrected chi connectivity index (χ2v) is 5.23. The van der Waals surface area contributed by atoms with Crippen LogP contribution in [0.25, 0.3) is 0 Å². The van der Waals surface area contributed by atoms with Crippen LogP contribution in [0.1, 0.15) is 17.0 Å². The minimum atomic E-state index is -0.0746. The third-order valence-corrected chi connectivity index (χ3v) is 4.07. The summed E-state index contributed by atoms with van der Waals surface area (Å²) >= 11 is 5.91. The van der Waals surface area contributed by atoms with E-state index >= 15 is 0 Å². The average Bonchev–Trinajstić information content (AvgIpc) is 2.93. The molecule has 1 amide bonds. The first-order valence-electron chi connectivity index (χ1n) is 5.98. The molecule has 2 fully saturated rings. The summed E-state index contributed by atoms with van der Waals surface area (Å²) in [4.78, 5) is 14.1. The lowest BCUT2D eigenvalue weighted by atomic mass is 9.90. The summed E-state index contributed by atoms with van der Waals surface area (Å²) in [6, 6.07) is 1.61. The van der Waals surface area contributed by atoms with E-state index in [2.05, 4.69) is 5.32 Å². The summed E-state index contributed by atoms with van der Waals surface area (Å²) in [5.74, 6) is 1.42. The predicted molar refractivity (Wildman–Crippen MR) is 64.1 cm³/mol. The molecule has 1 aromatic rings. The van der Waals surface area contributed by atoms with Gasteiger partial charge < -0.3 is 14.6 Å². The lowest BCUT2D eigenvalue weighted by Crippen LogP contribution is -2.35. The Kier molecular flexibility index (Phi) is 2.84. The van der Waals surface area contributed by atoms with Crippen LogP contribution in [0.15, 0.2) is 16.7 Å². The van der Waals surface area contributed by atoms with Crippen LogP contribution in [0.5, 0.6) is 0 Å². The smallest absolute Gasteiger partial charge is 0.291 e. The molecule has 4 nitrogen and oxygen atoms in total. The number of hydrogen-bond acceptors (Lipinski definition) is 3. The highest BCUT2D eigenvalue weighted by molar-refractivity contribution is 6.33. The van der Waals surface area contributed by atoms with Gasteiger partial charge in [0, 0.05) is 13.1 Å². The standard InChI is InChI=1S/C12H15ClN2O2/c13-10-2-4-17-11(10)12(16)15-6-8-1-3-14-5-9(8)7-15/h2,4,8-9,14H,1,3,5-7H2. The molecule has 0 aromatic carbocycles. The van der Waals surface area contributed by atoms with Crippen molar-refractivity contribution in [2.24, 2.45) is 11.8 Å². The molecule has 1 aromatic heterocycles. The topological polar surface area (TPSA) is 45.5 Å². The fraction of sp³-hybridized carbons (Fsp3) is 0.583. The van der Waals surface area contributed by atoms with Crippen LogP contribution in [0.4, 0.5) is 0 Å². The van der Waals surface area contributed by atoms with Crippen molar-refractivity contribution in [3.05, 3.63) is 23.1 Å². The summed E-state index contributed by atoms with van der Waals surface area (Å²) in [6.07, 6.45) is 2.61.